The number of aryl methyl sites for hydroxylation is 1. The minimum atomic E-state index is -4.40. The average Bonchev–Trinajstić information content (AvgIpc) is 2.88. The second-order valence-corrected chi connectivity index (χ2v) is 4.95. The van der Waals surface area contributed by atoms with Crippen molar-refractivity contribution >= 4 is 15.9 Å². The van der Waals surface area contributed by atoms with Crippen LogP contribution in [0.15, 0.2) is 36.5 Å². The first kappa shape index (κ1) is 15.9. The van der Waals surface area contributed by atoms with Gasteiger partial charge in [-0.15, -0.1) is 0 Å². The van der Waals surface area contributed by atoms with E-state index in [4.69, 9.17) is 4.74 Å². The predicted molar refractivity (Wildman–Crippen MR) is 76.4 cm³/mol. The molecule has 0 atom stereocenters. The number of alkyl halides is 4. The van der Waals surface area contributed by atoms with Crippen LogP contribution in [0.5, 0.6) is 5.75 Å². The van der Waals surface area contributed by atoms with Crippen LogP contribution in [-0.2, 0) is 18.1 Å². The summed E-state index contributed by atoms with van der Waals surface area (Å²) in [6.07, 6.45) is -2.71. The van der Waals surface area contributed by atoms with E-state index < -0.39 is 11.9 Å². The van der Waals surface area contributed by atoms with E-state index in [2.05, 4.69) is 21.0 Å². The molecule has 0 spiro atoms. The van der Waals surface area contributed by atoms with Crippen LogP contribution in [0.25, 0.3) is 0 Å². The Morgan fingerprint density at radius 2 is 1.90 bits per heavy atom. The molecule has 0 saturated heterocycles. The van der Waals surface area contributed by atoms with E-state index in [1.807, 2.05) is 18.2 Å². The Morgan fingerprint density at radius 3 is 2.52 bits per heavy atom. The van der Waals surface area contributed by atoms with E-state index >= 15 is 0 Å². The smallest absolute Gasteiger partial charge is 0.433 e. The second-order valence-electron chi connectivity index (χ2n) is 4.39. The van der Waals surface area contributed by atoms with Gasteiger partial charge in [-0.25, -0.2) is 0 Å². The molecule has 1 heterocycles. The average molecular weight is 363 g/mol. The number of halogens is 4. The number of hydrogen-bond acceptors (Lipinski definition) is 2. The number of para-hydroxylation sites is 1. The molecular weight excluding hydrogens is 349 g/mol. The van der Waals surface area contributed by atoms with Gasteiger partial charge in [0.25, 0.3) is 0 Å². The highest BCUT2D eigenvalue weighted by atomic mass is 79.9. The molecule has 21 heavy (non-hydrogen) atoms. The first-order chi connectivity index (χ1) is 10.0. The van der Waals surface area contributed by atoms with Crippen LogP contribution in [0.2, 0.25) is 0 Å². The standard InChI is InChI=1S/C14H14BrF3N2O/c15-9-11-10-19-20(13(11)14(16,17)18)7-4-8-21-12-5-2-1-3-6-12/h1-3,5-6,10H,4,7-9H2. The monoisotopic (exact) mass is 362 g/mol. The molecule has 0 fully saturated rings. The second kappa shape index (κ2) is 6.98. The van der Waals surface area contributed by atoms with Gasteiger partial charge >= 0.3 is 6.18 Å². The fourth-order valence-corrected chi connectivity index (χ4v) is 2.35. The molecule has 0 saturated carbocycles. The van der Waals surface area contributed by atoms with Gasteiger partial charge in [0.1, 0.15) is 11.4 Å². The van der Waals surface area contributed by atoms with Gasteiger partial charge in [-0.1, -0.05) is 34.1 Å². The Balaban J connectivity index is 1.93. The zero-order valence-corrected chi connectivity index (χ0v) is 12.7. The molecule has 0 aliphatic heterocycles. The van der Waals surface area contributed by atoms with E-state index in [0.29, 0.717) is 18.8 Å². The number of hydrogen-bond donors (Lipinski definition) is 0. The van der Waals surface area contributed by atoms with Crippen molar-refractivity contribution in [1.29, 1.82) is 0 Å². The molecule has 114 valence electrons. The number of ether oxygens (including phenoxy) is 1. The van der Waals surface area contributed by atoms with E-state index in [1.54, 1.807) is 12.1 Å². The lowest BCUT2D eigenvalue weighted by molar-refractivity contribution is -0.144. The molecule has 0 aliphatic carbocycles. The van der Waals surface area contributed by atoms with Crippen molar-refractivity contribution in [2.75, 3.05) is 6.61 Å². The zero-order chi connectivity index (χ0) is 15.3. The van der Waals surface area contributed by atoms with Crippen molar-refractivity contribution in [2.45, 2.75) is 24.5 Å². The summed E-state index contributed by atoms with van der Waals surface area (Å²) < 4.78 is 45.4. The third-order valence-corrected chi connectivity index (χ3v) is 3.46. The lowest BCUT2D eigenvalue weighted by atomic mass is 10.2. The summed E-state index contributed by atoms with van der Waals surface area (Å²) in [6.45, 7) is 0.499. The van der Waals surface area contributed by atoms with Crippen molar-refractivity contribution in [3.63, 3.8) is 0 Å². The summed E-state index contributed by atoms with van der Waals surface area (Å²) in [5.74, 6) is 0.704. The van der Waals surface area contributed by atoms with Gasteiger partial charge < -0.3 is 4.74 Å². The van der Waals surface area contributed by atoms with Gasteiger partial charge in [0.05, 0.1) is 12.8 Å². The van der Waals surface area contributed by atoms with Crippen molar-refractivity contribution in [3.8, 4) is 5.75 Å². The van der Waals surface area contributed by atoms with E-state index in [9.17, 15) is 13.2 Å². The van der Waals surface area contributed by atoms with Crippen LogP contribution in [0, 0.1) is 0 Å². The zero-order valence-electron chi connectivity index (χ0n) is 11.1. The normalized spacial score (nSPS) is 11.6. The van der Waals surface area contributed by atoms with Gasteiger partial charge in [-0.2, -0.15) is 18.3 Å². The molecule has 2 aromatic rings. The van der Waals surface area contributed by atoms with E-state index in [0.717, 1.165) is 4.68 Å². The highest BCUT2D eigenvalue weighted by Crippen LogP contribution is 2.33. The fraction of sp³-hybridized carbons (Fsp3) is 0.357. The maximum absolute atomic E-state index is 13.0. The van der Waals surface area contributed by atoms with E-state index in [1.165, 1.54) is 6.20 Å². The van der Waals surface area contributed by atoms with Crippen LogP contribution < -0.4 is 4.74 Å². The first-order valence-electron chi connectivity index (χ1n) is 6.38. The molecule has 1 aromatic heterocycles. The highest BCUT2D eigenvalue weighted by Gasteiger charge is 2.37. The summed E-state index contributed by atoms with van der Waals surface area (Å²) in [7, 11) is 0. The van der Waals surface area contributed by atoms with E-state index in [-0.39, 0.29) is 17.4 Å². The molecule has 0 bridgehead atoms. The Kier molecular flexibility index (Phi) is 5.27. The third-order valence-electron chi connectivity index (χ3n) is 2.85. The van der Waals surface area contributed by atoms with Crippen LogP contribution in [0.4, 0.5) is 13.2 Å². The van der Waals surface area contributed by atoms with Crippen molar-refractivity contribution in [2.24, 2.45) is 0 Å². The summed E-state index contributed by atoms with van der Waals surface area (Å²) in [4.78, 5) is 0. The van der Waals surface area contributed by atoms with Gasteiger partial charge in [0, 0.05) is 23.9 Å². The van der Waals surface area contributed by atoms with Crippen LogP contribution in [-0.4, -0.2) is 16.4 Å². The summed E-state index contributed by atoms with van der Waals surface area (Å²) >= 11 is 3.05. The van der Waals surface area contributed by atoms with Crippen molar-refractivity contribution < 1.29 is 17.9 Å². The molecule has 3 nitrogen and oxygen atoms in total. The van der Waals surface area contributed by atoms with Crippen molar-refractivity contribution in [3.05, 3.63) is 47.8 Å². The Hall–Kier alpha value is -1.50. The summed E-state index contributed by atoms with van der Waals surface area (Å²) in [5, 5.41) is 3.94. The lowest BCUT2D eigenvalue weighted by Crippen LogP contribution is -2.17. The Morgan fingerprint density at radius 1 is 1.19 bits per heavy atom. The SMILES string of the molecule is FC(F)(F)c1c(CBr)cnn1CCCOc1ccccc1. The largest absolute Gasteiger partial charge is 0.494 e. The Labute approximate surface area is 128 Å². The lowest BCUT2D eigenvalue weighted by Gasteiger charge is -2.12. The van der Waals surface area contributed by atoms with Crippen LogP contribution in [0.3, 0.4) is 0 Å². The molecule has 0 N–H and O–H groups in total. The van der Waals surface area contributed by atoms with Crippen LogP contribution in [0.1, 0.15) is 17.7 Å². The van der Waals surface area contributed by atoms with Gasteiger partial charge in [0.15, 0.2) is 0 Å². The number of aromatic nitrogens is 2. The topological polar surface area (TPSA) is 27.1 Å². The number of benzene rings is 1. The maximum atomic E-state index is 13.0. The highest BCUT2D eigenvalue weighted by molar-refractivity contribution is 9.08. The quantitative estimate of drug-likeness (QED) is 0.566. The molecular formula is C14H14BrF3N2O. The van der Waals surface area contributed by atoms with Gasteiger partial charge in [-0.3, -0.25) is 4.68 Å². The number of rotatable bonds is 6. The molecule has 0 aliphatic rings. The molecule has 1 aromatic carbocycles. The Bertz CT molecular complexity index is 569. The predicted octanol–water partition coefficient (Wildman–Crippen LogP) is 4.27. The molecule has 7 heteroatoms. The first-order valence-corrected chi connectivity index (χ1v) is 7.50. The molecule has 0 amide bonds. The van der Waals surface area contributed by atoms with Gasteiger partial charge in [0.2, 0.25) is 0 Å². The summed E-state index contributed by atoms with van der Waals surface area (Å²) in [6, 6.07) is 9.16. The van der Waals surface area contributed by atoms with Crippen molar-refractivity contribution in [1.82, 2.24) is 9.78 Å². The minimum Gasteiger partial charge on any atom is -0.494 e. The van der Waals surface area contributed by atoms with Crippen LogP contribution >= 0.6 is 15.9 Å². The maximum Gasteiger partial charge on any atom is 0.433 e. The van der Waals surface area contributed by atoms with Gasteiger partial charge in [-0.05, 0) is 12.1 Å². The third kappa shape index (κ3) is 4.23. The molecule has 2 rings (SSSR count). The molecule has 0 unspecified atom stereocenters. The summed E-state index contributed by atoms with van der Waals surface area (Å²) in [5.41, 5.74) is -0.550. The number of nitrogens with zero attached hydrogens (tertiary/aromatic N) is 2. The molecule has 0 radical (unpaired) electrons. The minimum absolute atomic E-state index is 0.127. The fourth-order valence-electron chi connectivity index (χ4n) is 1.94.